The van der Waals surface area contributed by atoms with E-state index in [1.807, 2.05) is 18.8 Å². The minimum Gasteiger partial charge on any atom is -0.356 e. The van der Waals surface area contributed by atoms with Crippen molar-refractivity contribution in [1.29, 1.82) is 0 Å². The van der Waals surface area contributed by atoms with Crippen LogP contribution in [-0.2, 0) is 18.9 Å². The van der Waals surface area contributed by atoms with Gasteiger partial charge >= 0.3 is 0 Å². The Balaban J connectivity index is 0.00000261. The largest absolute Gasteiger partial charge is 0.356 e. The van der Waals surface area contributed by atoms with E-state index >= 15 is 0 Å². The number of hydrogen-bond acceptors (Lipinski definition) is 2. The fourth-order valence-electron chi connectivity index (χ4n) is 3.92. The van der Waals surface area contributed by atoms with E-state index in [2.05, 4.69) is 64.9 Å². The van der Waals surface area contributed by atoms with Crippen molar-refractivity contribution >= 4 is 29.9 Å². The molecule has 148 valence electrons. The van der Waals surface area contributed by atoms with Crippen LogP contribution in [0.5, 0.6) is 0 Å². The number of aromatic nitrogens is 2. The Labute approximate surface area is 180 Å². The molecule has 1 aliphatic carbocycles. The van der Waals surface area contributed by atoms with Gasteiger partial charge in [0.1, 0.15) is 0 Å². The number of benzene rings is 1. The Hall–Kier alpha value is -1.57. The highest BCUT2D eigenvalue weighted by atomic mass is 127. The molecule has 1 aromatic carbocycles. The minimum atomic E-state index is 0. The Morgan fingerprint density at radius 3 is 2.41 bits per heavy atom. The molecule has 1 aromatic heterocycles. The Morgan fingerprint density at radius 1 is 1.19 bits per heavy atom. The highest BCUT2D eigenvalue weighted by Crippen LogP contribution is 2.43. The summed E-state index contributed by atoms with van der Waals surface area (Å²) in [5.41, 5.74) is 5.39. The molecule has 0 spiro atoms. The van der Waals surface area contributed by atoms with Crippen molar-refractivity contribution in [2.24, 2.45) is 12.0 Å². The van der Waals surface area contributed by atoms with Gasteiger partial charge < -0.3 is 10.6 Å². The van der Waals surface area contributed by atoms with Crippen molar-refractivity contribution < 1.29 is 0 Å². The van der Waals surface area contributed by atoms with Gasteiger partial charge in [0, 0.05) is 38.3 Å². The molecule has 0 aliphatic heterocycles. The number of rotatable bonds is 6. The molecule has 0 amide bonds. The molecule has 1 fully saturated rings. The molecule has 0 unspecified atom stereocenters. The van der Waals surface area contributed by atoms with Gasteiger partial charge in [0.25, 0.3) is 0 Å². The van der Waals surface area contributed by atoms with Crippen molar-refractivity contribution in [2.75, 3.05) is 20.1 Å². The van der Waals surface area contributed by atoms with Crippen LogP contribution < -0.4 is 10.6 Å². The molecule has 0 atom stereocenters. The summed E-state index contributed by atoms with van der Waals surface area (Å²) in [6, 6.07) is 10.9. The third kappa shape index (κ3) is 4.83. The third-order valence-electron chi connectivity index (χ3n) is 5.84. The van der Waals surface area contributed by atoms with Gasteiger partial charge in [0.2, 0.25) is 0 Å². The van der Waals surface area contributed by atoms with Gasteiger partial charge in [-0.25, -0.2) is 0 Å². The first-order valence-electron chi connectivity index (χ1n) is 9.55. The molecule has 2 N–H and O–H groups in total. The summed E-state index contributed by atoms with van der Waals surface area (Å²) in [5.74, 6) is 0.881. The van der Waals surface area contributed by atoms with Crippen LogP contribution in [0.25, 0.3) is 0 Å². The average molecular weight is 481 g/mol. The molecule has 0 saturated heterocycles. The molecule has 5 nitrogen and oxygen atoms in total. The molecule has 2 aromatic rings. The lowest BCUT2D eigenvalue weighted by molar-refractivity contribution is 0.244. The van der Waals surface area contributed by atoms with Crippen molar-refractivity contribution in [3.05, 3.63) is 52.8 Å². The number of guanidine groups is 1. The highest BCUT2D eigenvalue weighted by Gasteiger charge is 2.38. The van der Waals surface area contributed by atoms with Gasteiger partial charge in [0.15, 0.2) is 5.96 Å². The molecule has 0 radical (unpaired) electrons. The summed E-state index contributed by atoms with van der Waals surface area (Å²) in [7, 11) is 3.84. The molecule has 27 heavy (non-hydrogen) atoms. The van der Waals surface area contributed by atoms with Gasteiger partial charge in [-0.2, -0.15) is 5.10 Å². The maximum Gasteiger partial charge on any atom is 0.191 e. The Kier molecular flexibility index (Phi) is 7.70. The van der Waals surface area contributed by atoms with E-state index in [9.17, 15) is 0 Å². The first kappa shape index (κ1) is 21.7. The Morgan fingerprint density at radius 2 is 1.89 bits per heavy atom. The van der Waals surface area contributed by atoms with Crippen LogP contribution in [0.4, 0.5) is 0 Å². The van der Waals surface area contributed by atoms with Crippen LogP contribution in [0, 0.1) is 13.8 Å². The number of hydrogen-bond donors (Lipinski definition) is 2. The number of aliphatic imine (C=N–C) groups is 1. The van der Waals surface area contributed by atoms with E-state index in [1.54, 1.807) is 0 Å². The average Bonchev–Trinajstić information content (AvgIpc) is 2.86. The van der Waals surface area contributed by atoms with E-state index in [0.29, 0.717) is 0 Å². The summed E-state index contributed by atoms with van der Waals surface area (Å²) < 4.78 is 1.96. The lowest BCUT2D eigenvalue weighted by Gasteiger charge is -2.43. The standard InChI is InChI=1S/C21H31N5.HI/c1-16-19(17(2)26(4)25-16)11-14-23-20(22-3)24-15-21(12-8-13-21)18-9-6-5-7-10-18;/h5-7,9-10H,8,11-15H2,1-4H3,(H2,22,23,24);1H. The fraction of sp³-hybridized carbons (Fsp3) is 0.524. The van der Waals surface area contributed by atoms with Crippen molar-refractivity contribution in [2.45, 2.75) is 44.9 Å². The van der Waals surface area contributed by atoms with Gasteiger partial charge in [-0.05, 0) is 44.2 Å². The SMILES string of the molecule is CN=C(NCCc1c(C)nn(C)c1C)NCC1(c2ccccc2)CCC1.I. The van der Waals surface area contributed by atoms with Crippen molar-refractivity contribution in [1.82, 2.24) is 20.4 Å². The van der Waals surface area contributed by atoms with E-state index in [-0.39, 0.29) is 29.4 Å². The molecule has 3 rings (SSSR count). The zero-order valence-corrected chi connectivity index (χ0v) is 19.2. The lowest BCUT2D eigenvalue weighted by atomic mass is 9.64. The van der Waals surface area contributed by atoms with E-state index in [1.165, 1.54) is 36.1 Å². The highest BCUT2D eigenvalue weighted by molar-refractivity contribution is 14.0. The molecule has 0 bridgehead atoms. The smallest absolute Gasteiger partial charge is 0.191 e. The lowest BCUT2D eigenvalue weighted by Crippen LogP contribution is -2.49. The van der Waals surface area contributed by atoms with E-state index < -0.39 is 0 Å². The predicted octanol–water partition coefficient (Wildman–Crippen LogP) is 3.48. The third-order valence-corrected chi connectivity index (χ3v) is 5.84. The van der Waals surface area contributed by atoms with Crippen LogP contribution in [0.3, 0.4) is 0 Å². The zero-order chi connectivity index (χ0) is 18.6. The topological polar surface area (TPSA) is 54.2 Å². The molecule has 1 heterocycles. The first-order valence-corrected chi connectivity index (χ1v) is 9.55. The maximum absolute atomic E-state index is 4.49. The van der Waals surface area contributed by atoms with Crippen molar-refractivity contribution in [3.63, 3.8) is 0 Å². The van der Waals surface area contributed by atoms with Crippen LogP contribution in [0.15, 0.2) is 35.3 Å². The second-order valence-corrected chi connectivity index (χ2v) is 7.38. The molecule has 6 heteroatoms. The van der Waals surface area contributed by atoms with Crippen LogP contribution in [-0.4, -0.2) is 35.9 Å². The van der Waals surface area contributed by atoms with E-state index in [4.69, 9.17) is 0 Å². The van der Waals surface area contributed by atoms with Gasteiger partial charge in [-0.3, -0.25) is 9.67 Å². The predicted molar refractivity (Wildman–Crippen MR) is 123 cm³/mol. The summed E-state index contributed by atoms with van der Waals surface area (Å²) in [5, 5.41) is 11.5. The molecule has 1 saturated carbocycles. The number of halogens is 1. The van der Waals surface area contributed by atoms with Gasteiger partial charge in [-0.15, -0.1) is 24.0 Å². The second kappa shape index (κ2) is 9.57. The molecular weight excluding hydrogens is 449 g/mol. The Bertz CT molecular complexity index is 762. The summed E-state index contributed by atoms with van der Waals surface area (Å²) in [6.07, 6.45) is 4.75. The summed E-state index contributed by atoms with van der Waals surface area (Å²) in [6.45, 7) is 5.99. The normalized spacial score (nSPS) is 15.6. The quantitative estimate of drug-likeness (QED) is 0.378. The van der Waals surface area contributed by atoms with Crippen LogP contribution >= 0.6 is 24.0 Å². The number of aryl methyl sites for hydroxylation is 2. The summed E-state index contributed by atoms with van der Waals surface area (Å²) >= 11 is 0. The number of nitrogens with zero attached hydrogens (tertiary/aromatic N) is 3. The van der Waals surface area contributed by atoms with Crippen LogP contribution in [0.2, 0.25) is 0 Å². The minimum absolute atomic E-state index is 0. The molecule has 1 aliphatic rings. The van der Waals surface area contributed by atoms with Gasteiger partial charge in [0.05, 0.1) is 5.69 Å². The summed E-state index contributed by atoms with van der Waals surface area (Å²) in [4.78, 5) is 4.40. The fourth-order valence-corrected chi connectivity index (χ4v) is 3.92. The van der Waals surface area contributed by atoms with Crippen LogP contribution in [0.1, 0.15) is 41.8 Å². The zero-order valence-electron chi connectivity index (χ0n) is 16.9. The van der Waals surface area contributed by atoms with Crippen molar-refractivity contribution in [3.8, 4) is 0 Å². The monoisotopic (exact) mass is 481 g/mol. The number of nitrogens with one attached hydrogen (secondary N) is 2. The maximum atomic E-state index is 4.49. The first-order chi connectivity index (χ1) is 12.6. The van der Waals surface area contributed by atoms with E-state index in [0.717, 1.165) is 31.2 Å². The second-order valence-electron chi connectivity index (χ2n) is 7.38. The molecular formula is C21H32IN5. The van der Waals surface area contributed by atoms with Gasteiger partial charge in [-0.1, -0.05) is 36.8 Å².